The largest absolute Gasteiger partial charge is 0.459 e. The number of pyridine rings is 1. The molecule has 3 aromatic heterocycles. The van der Waals surface area contributed by atoms with Crippen molar-refractivity contribution in [3.8, 4) is 5.82 Å². The smallest absolute Gasteiger partial charge is 0.289 e. The van der Waals surface area contributed by atoms with Gasteiger partial charge in [-0.1, -0.05) is 6.07 Å². The minimum Gasteiger partial charge on any atom is -0.459 e. The van der Waals surface area contributed by atoms with Gasteiger partial charge < -0.3 is 14.6 Å². The summed E-state index contributed by atoms with van der Waals surface area (Å²) < 4.78 is 6.75. The van der Waals surface area contributed by atoms with Crippen LogP contribution in [0.4, 0.5) is 0 Å². The van der Waals surface area contributed by atoms with Crippen molar-refractivity contribution in [3.05, 3.63) is 60.7 Å². The summed E-state index contributed by atoms with van der Waals surface area (Å²) in [6.45, 7) is 1.33. The van der Waals surface area contributed by atoms with Crippen molar-refractivity contribution in [2.24, 2.45) is 5.92 Å². The molecule has 1 aliphatic rings. The van der Waals surface area contributed by atoms with E-state index in [1.165, 1.54) is 12.6 Å². The third-order valence-electron chi connectivity index (χ3n) is 4.77. The highest BCUT2D eigenvalue weighted by atomic mass is 16.3. The lowest BCUT2D eigenvalue weighted by Crippen LogP contribution is -2.45. The molecule has 2 amide bonds. The molecular formula is C19H20N6O3. The minimum atomic E-state index is -0.251. The van der Waals surface area contributed by atoms with Gasteiger partial charge in [-0.2, -0.15) is 5.10 Å². The third kappa shape index (κ3) is 3.78. The quantitative estimate of drug-likeness (QED) is 0.718. The van der Waals surface area contributed by atoms with Gasteiger partial charge in [0.25, 0.3) is 5.91 Å². The zero-order valence-electron chi connectivity index (χ0n) is 15.2. The fourth-order valence-electron chi connectivity index (χ4n) is 3.35. The molecule has 1 saturated heterocycles. The van der Waals surface area contributed by atoms with Crippen molar-refractivity contribution in [2.45, 2.75) is 19.4 Å². The van der Waals surface area contributed by atoms with E-state index in [0.29, 0.717) is 31.2 Å². The number of likely N-dealkylation sites (tertiary alicyclic amines) is 1. The fraction of sp³-hybridized carbons (Fsp3) is 0.316. The molecule has 9 nitrogen and oxygen atoms in total. The van der Waals surface area contributed by atoms with E-state index in [4.69, 9.17) is 4.42 Å². The molecule has 0 saturated carbocycles. The first-order valence-electron chi connectivity index (χ1n) is 9.12. The van der Waals surface area contributed by atoms with Crippen LogP contribution in [0, 0.1) is 5.92 Å². The van der Waals surface area contributed by atoms with E-state index in [1.807, 2.05) is 12.1 Å². The average Bonchev–Trinajstić information content (AvgIpc) is 3.46. The first-order chi connectivity index (χ1) is 13.7. The van der Waals surface area contributed by atoms with Gasteiger partial charge in [0.05, 0.1) is 12.2 Å². The molecule has 1 N–H and O–H groups in total. The number of aromatic nitrogens is 4. The molecule has 0 spiro atoms. The van der Waals surface area contributed by atoms with Crippen molar-refractivity contribution >= 4 is 11.8 Å². The lowest BCUT2D eigenvalue weighted by atomic mass is 9.97. The molecule has 3 aromatic rings. The second-order valence-electron chi connectivity index (χ2n) is 6.61. The number of hydrogen-bond acceptors (Lipinski definition) is 6. The maximum absolute atomic E-state index is 12.7. The summed E-state index contributed by atoms with van der Waals surface area (Å²) in [4.78, 5) is 35.1. The minimum absolute atomic E-state index is 0.0784. The monoisotopic (exact) mass is 380 g/mol. The number of hydrogen-bond donors (Lipinski definition) is 1. The van der Waals surface area contributed by atoms with Gasteiger partial charge in [-0.05, 0) is 31.0 Å². The molecule has 28 heavy (non-hydrogen) atoms. The number of nitrogens with one attached hydrogen (secondary N) is 1. The Kier molecular flexibility index (Phi) is 5.14. The molecule has 4 rings (SSSR count). The normalized spacial score (nSPS) is 16.7. The van der Waals surface area contributed by atoms with E-state index in [-0.39, 0.29) is 17.7 Å². The molecule has 144 valence electrons. The van der Waals surface area contributed by atoms with Crippen LogP contribution >= 0.6 is 0 Å². The predicted molar refractivity (Wildman–Crippen MR) is 98.3 cm³/mol. The highest BCUT2D eigenvalue weighted by Gasteiger charge is 2.29. The molecule has 1 aliphatic heterocycles. The summed E-state index contributed by atoms with van der Waals surface area (Å²) in [6, 6.07) is 7.02. The van der Waals surface area contributed by atoms with E-state index in [9.17, 15) is 9.59 Å². The summed E-state index contributed by atoms with van der Waals surface area (Å²) in [7, 11) is 0. The maximum Gasteiger partial charge on any atom is 0.289 e. The second kappa shape index (κ2) is 8.03. The third-order valence-corrected chi connectivity index (χ3v) is 4.77. The Balaban J connectivity index is 1.39. The predicted octanol–water partition coefficient (Wildman–Crippen LogP) is 1.42. The van der Waals surface area contributed by atoms with E-state index in [0.717, 1.165) is 18.4 Å². The van der Waals surface area contributed by atoms with Crippen molar-refractivity contribution in [2.75, 3.05) is 13.1 Å². The fourth-order valence-corrected chi connectivity index (χ4v) is 3.35. The van der Waals surface area contributed by atoms with Gasteiger partial charge in [0.2, 0.25) is 5.91 Å². The number of furan rings is 1. The van der Waals surface area contributed by atoms with E-state index in [2.05, 4.69) is 20.4 Å². The molecule has 1 fully saturated rings. The van der Waals surface area contributed by atoms with Gasteiger partial charge >= 0.3 is 0 Å². The Bertz CT molecular complexity index is 939. The number of carbonyl (C=O) groups excluding carboxylic acids is 2. The molecule has 4 heterocycles. The van der Waals surface area contributed by atoms with Gasteiger partial charge in [-0.15, -0.1) is 0 Å². The first-order valence-corrected chi connectivity index (χ1v) is 9.12. The second-order valence-corrected chi connectivity index (χ2v) is 6.61. The highest BCUT2D eigenvalue weighted by molar-refractivity contribution is 5.92. The van der Waals surface area contributed by atoms with Gasteiger partial charge in [0.1, 0.15) is 12.7 Å². The Morgan fingerprint density at radius 1 is 1.29 bits per heavy atom. The van der Waals surface area contributed by atoms with Gasteiger partial charge in [-0.3, -0.25) is 9.59 Å². The van der Waals surface area contributed by atoms with Gasteiger partial charge in [0, 0.05) is 31.4 Å². The van der Waals surface area contributed by atoms with Crippen LogP contribution in [-0.4, -0.2) is 49.6 Å². The number of amides is 2. The van der Waals surface area contributed by atoms with Crippen LogP contribution in [0.15, 0.2) is 53.8 Å². The van der Waals surface area contributed by atoms with Gasteiger partial charge in [0.15, 0.2) is 11.6 Å². The number of carbonyl (C=O) groups is 2. The lowest BCUT2D eigenvalue weighted by molar-refractivity contribution is -0.126. The molecule has 0 bridgehead atoms. The van der Waals surface area contributed by atoms with Crippen molar-refractivity contribution in [3.63, 3.8) is 0 Å². The van der Waals surface area contributed by atoms with Crippen LogP contribution in [0.3, 0.4) is 0 Å². The summed E-state index contributed by atoms with van der Waals surface area (Å²) >= 11 is 0. The van der Waals surface area contributed by atoms with Crippen molar-refractivity contribution in [1.29, 1.82) is 0 Å². The molecule has 0 aromatic carbocycles. The zero-order chi connectivity index (χ0) is 19.3. The highest BCUT2D eigenvalue weighted by Crippen LogP contribution is 2.19. The maximum atomic E-state index is 12.7. The molecule has 0 aliphatic carbocycles. The number of rotatable bonds is 5. The summed E-state index contributed by atoms with van der Waals surface area (Å²) in [6.07, 6.45) is 7.67. The van der Waals surface area contributed by atoms with Crippen LogP contribution in [0.2, 0.25) is 0 Å². The van der Waals surface area contributed by atoms with Crippen molar-refractivity contribution < 1.29 is 14.0 Å². The molecule has 0 radical (unpaired) electrons. The number of nitrogens with zero attached hydrogens (tertiary/aromatic N) is 5. The zero-order valence-corrected chi connectivity index (χ0v) is 15.2. The van der Waals surface area contributed by atoms with Crippen LogP contribution in [0.5, 0.6) is 0 Å². The van der Waals surface area contributed by atoms with Crippen LogP contribution in [0.1, 0.15) is 29.0 Å². The van der Waals surface area contributed by atoms with E-state index in [1.54, 1.807) is 34.2 Å². The van der Waals surface area contributed by atoms with Crippen molar-refractivity contribution in [1.82, 2.24) is 30.0 Å². The van der Waals surface area contributed by atoms with Crippen LogP contribution in [0.25, 0.3) is 5.82 Å². The topological polar surface area (TPSA) is 106 Å². The van der Waals surface area contributed by atoms with Crippen LogP contribution < -0.4 is 5.32 Å². The molecule has 0 unspecified atom stereocenters. The van der Waals surface area contributed by atoms with Crippen LogP contribution in [-0.2, 0) is 11.3 Å². The summed E-state index contributed by atoms with van der Waals surface area (Å²) in [5.41, 5.74) is 0.834. The molecule has 9 heteroatoms. The Hall–Kier alpha value is -3.49. The van der Waals surface area contributed by atoms with E-state index >= 15 is 0 Å². The Morgan fingerprint density at radius 2 is 2.21 bits per heavy atom. The SMILES string of the molecule is O=C(NCc1cccnc1-n1cncn1)[C@H]1CCCN(C(=O)c2ccco2)C1. The lowest BCUT2D eigenvalue weighted by Gasteiger charge is -2.31. The summed E-state index contributed by atoms with van der Waals surface area (Å²) in [5.74, 6) is 0.417. The summed E-state index contributed by atoms with van der Waals surface area (Å²) in [5, 5.41) is 7.06. The van der Waals surface area contributed by atoms with E-state index < -0.39 is 0 Å². The number of piperidine rings is 1. The average molecular weight is 380 g/mol. The Morgan fingerprint density at radius 3 is 3.00 bits per heavy atom. The Labute approximate surface area is 161 Å². The standard InChI is InChI=1S/C19H20N6O3/c26-18(15-5-2-8-24(11-15)19(27)16-6-3-9-28-16)22-10-14-4-1-7-21-17(14)25-13-20-12-23-25/h1,3-4,6-7,9,12-13,15H,2,5,8,10-11H2,(H,22,26)/t15-/m0/s1. The first kappa shape index (κ1) is 17.9. The molecular weight excluding hydrogens is 360 g/mol. The van der Waals surface area contributed by atoms with Gasteiger partial charge in [-0.25, -0.2) is 14.6 Å². The molecule has 1 atom stereocenters.